The van der Waals surface area contributed by atoms with Crippen LogP contribution in [0.2, 0.25) is 0 Å². The van der Waals surface area contributed by atoms with Crippen LogP contribution in [0.5, 0.6) is 0 Å². The molecule has 2 aliphatic rings. The number of amides is 2. The van der Waals surface area contributed by atoms with Crippen molar-refractivity contribution >= 4 is 24.2 Å². The van der Waals surface area contributed by atoms with Gasteiger partial charge < -0.3 is 15.5 Å². The quantitative estimate of drug-likeness (QED) is 0.657. The number of hydrogen-bond acceptors (Lipinski definition) is 3. The van der Waals surface area contributed by atoms with E-state index < -0.39 is 0 Å². The van der Waals surface area contributed by atoms with Crippen LogP contribution >= 0.6 is 12.4 Å². The molecule has 16 heavy (non-hydrogen) atoms. The van der Waals surface area contributed by atoms with Crippen molar-refractivity contribution in [3.05, 3.63) is 0 Å². The second-order valence-electron chi connectivity index (χ2n) is 4.24. The Balaban J connectivity index is 0.00000128. The maximum Gasteiger partial charge on any atom is 0.245 e. The van der Waals surface area contributed by atoms with Crippen LogP contribution < -0.4 is 10.6 Å². The number of carbonyl (C=O) groups is 2. The maximum absolute atomic E-state index is 12.0. The molecular formula is C10H18ClN3O2. The molecule has 0 bridgehead atoms. The van der Waals surface area contributed by atoms with E-state index in [0.717, 1.165) is 19.6 Å². The van der Waals surface area contributed by atoms with Gasteiger partial charge in [0.2, 0.25) is 11.8 Å². The lowest BCUT2D eigenvalue weighted by Gasteiger charge is -2.35. The van der Waals surface area contributed by atoms with Crippen molar-refractivity contribution in [1.29, 1.82) is 0 Å². The number of carbonyl (C=O) groups excluding carboxylic acids is 2. The molecule has 2 N–H and O–H groups in total. The fourth-order valence-electron chi connectivity index (χ4n) is 2.17. The number of nitrogens with zero attached hydrogens (tertiary/aromatic N) is 1. The summed E-state index contributed by atoms with van der Waals surface area (Å²) in [6.07, 6.45) is 1.13. The summed E-state index contributed by atoms with van der Waals surface area (Å²) in [5, 5.41) is 5.96. The van der Waals surface area contributed by atoms with Gasteiger partial charge in [-0.15, -0.1) is 12.4 Å². The number of hydrogen-bond donors (Lipinski definition) is 2. The van der Waals surface area contributed by atoms with E-state index in [2.05, 4.69) is 10.6 Å². The minimum Gasteiger partial charge on any atom is -0.344 e. The largest absolute Gasteiger partial charge is 0.344 e. The Hall–Kier alpha value is -0.810. The van der Waals surface area contributed by atoms with Crippen LogP contribution in [-0.4, -0.2) is 48.4 Å². The summed E-state index contributed by atoms with van der Waals surface area (Å²) < 4.78 is 0. The monoisotopic (exact) mass is 247 g/mol. The van der Waals surface area contributed by atoms with Gasteiger partial charge in [-0.1, -0.05) is 0 Å². The molecule has 92 valence electrons. The SMILES string of the molecule is C[C@@H]1CNCCN1C(=O)C1CCC(=O)N1.Cl. The molecule has 2 atom stereocenters. The molecule has 5 nitrogen and oxygen atoms in total. The fraction of sp³-hybridized carbons (Fsp3) is 0.800. The van der Waals surface area contributed by atoms with Gasteiger partial charge in [0.05, 0.1) is 0 Å². The molecule has 0 aromatic carbocycles. The van der Waals surface area contributed by atoms with E-state index in [1.165, 1.54) is 0 Å². The molecule has 2 amide bonds. The average Bonchev–Trinajstić information content (AvgIpc) is 2.65. The zero-order chi connectivity index (χ0) is 10.8. The first kappa shape index (κ1) is 13.3. The fourth-order valence-corrected chi connectivity index (χ4v) is 2.17. The molecule has 2 saturated heterocycles. The third-order valence-electron chi connectivity index (χ3n) is 3.08. The molecule has 2 aliphatic heterocycles. The number of nitrogens with one attached hydrogen (secondary N) is 2. The molecular weight excluding hydrogens is 230 g/mol. The van der Waals surface area contributed by atoms with Crippen LogP contribution in [0.3, 0.4) is 0 Å². The van der Waals surface area contributed by atoms with Gasteiger partial charge in [0.1, 0.15) is 6.04 Å². The minimum atomic E-state index is -0.280. The van der Waals surface area contributed by atoms with E-state index >= 15 is 0 Å². The van der Waals surface area contributed by atoms with Crippen LogP contribution in [0.1, 0.15) is 19.8 Å². The summed E-state index contributed by atoms with van der Waals surface area (Å²) in [6, 6.07) is -0.0539. The van der Waals surface area contributed by atoms with Crippen molar-refractivity contribution in [3.63, 3.8) is 0 Å². The Bertz CT molecular complexity index is 285. The highest BCUT2D eigenvalue weighted by molar-refractivity contribution is 5.91. The predicted octanol–water partition coefficient (Wildman–Crippen LogP) is -0.493. The normalized spacial score (nSPS) is 29.6. The van der Waals surface area contributed by atoms with E-state index in [1.807, 2.05) is 11.8 Å². The Morgan fingerprint density at radius 2 is 2.25 bits per heavy atom. The van der Waals surface area contributed by atoms with Crippen LogP contribution in [-0.2, 0) is 9.59 Å². The highest BCUT2D eigenvalue weighted by atomic mass is 35.5. The van der Waals surface area contributed by atoms with E-state index in [4.69, 9.17) is 0 Å². The van der Waals surface area contributed by atoms with Crippen molar-refractivity contribution in [2.24, 2.45) is 0 Å². The standard InChI is InChI=1S/C10H17N3O2.ClH/c1-7-6-11-4-5-13(7)10(15)8-2-3-9(14)12-8;/h7-8,11H,2-6H2,1H3,(H,12,14);1H/t7-,8?;/m1./s1. The van der Waals surface area contributed by atoms with Gasteiger partial charge in [-0.05, 0) is 13.3 Å². The first-order valence-corrected chi connectivity index (χ1v) is 5.49. The van der Waals surface area contributed by atoms with Gasteiger partial charge in [-0.3, -0.25) is 9.59 Å². The first-order valence-electron chi connectivity index (χ1n) is 5.49. The molecule has 2 fully saturated rings. The minimum absolute atomic E-state index is 0. The smallest absolute Gasteiger partial charge is 0.245 e. The van der Waals surface area contributed by atoms with E-state index in [1.54, 1.807) is 0 Å². The summed E-state index contributed by atoms with van der Waals surface area (Å²) in [5.41, 5.74) is 0. The maximum atomic E-state index is 12.0. The molecule has 0 spiro atoms. The van der Waals surface area contributed by atoms with E-state index in [9.17, 15) is 9.59 Å². The van der Waals surface area contributed by atoms with Crippen molar-refractivity contribution in [2.45, 2.75) is 31.8 Å². The van der Waals surface area contributed by atoms with Gasteiger partial charge in [0.15, 0.2) is 0 Å². The van der Waals surface area contributed by atoms with Crippen molar-refractivity contribution < 1.29 is 9.59 Å². The van der Waals surface area contributed by atoms with Crippen molar-refractivity contribution in [3.8, 4) is 0 Å². The second kappa shape index (κ2) is 5.50. The first-order chi connectivity index (χ1) is 7.18. The molecule has 2 rings (SSSR count). The third kappa shape index (κ3) is 2.65. The van der Waals surface area contributed by atoms with E-state index in [0.29, 0.717) is 12.8 Å². The summed E-state index contributed by atoms with van der Waals surface area (Å²) in [7, 11) is 0. The zero-order valence-corrected chi connectivity index (χ0v) is 10.2. The third-order valence-corrected chi connectivity index (χ3v) is 3.08. The molecule has 0 radical (unpaired) electrons. The van der Waals surface area contributed by atoms with Gasteiger partial charge in [-0.2, -0.15) is 0 Å². The average molecular weight is 248 g/mol. The Morgan fingerprint density at radius 3 is 2.81 bits per heavy atom. The van der Waals surface area contributed by atoms with Crippen LogP contribution in [0.15, 0.2) is 0 Å². The predicted molar refractivity (Wildman–Crippen MR) is 62.5 cm³/mol. The summed E-state index contributed by atoms with van der Waals surface area (Å²) in [4.78, 5) is 24.9. The molecule has 0 aliphatic carbocycles. The molecule has 1 unspecified atom stereocenters. The van der Waals surface area contributed by atoms with Crippen molar-refractivity contribution in [2.75, 3.05) is 19.6 Å². The highest BCUT2D eigenvalue weighted by Crippen LogP contribution is 2.12. The number of rotatable bonds is 1. The lowest BCUT2D eigenvalue weighted by Crippen LogP contribution is -2.56. The Kier molecular flexibility index (Phi) is 4.56. The molecule has 6 heteroatoms. The molecule has 0 saturated carbocycles. The van der Waals surface area contributed by atoms with Crippen LogP contribution in [0.25, 0.3) is 0 Å². The molecule has 0 aromatic rings. The lowest BCUT2D eigenvalue weighted by molar-refractivity contribution is -0.137. The second-order valence-corrected chi connectivity index (χ2v) is 4.24. The van der Waals surface area contributed by atoms with Crippen LogP contribution in [0, 0.1) is 0 Å². The summed E-state index contributed by atoms with van der Waals surface area (Å²) in [6.45, 7) is 4.45. The number of halogens is 1. The van der Waals surface area contributed by atoms with Crippen LogP contribution in [0.4, 0.5) is 0 Å². The van der Waals surface area contributed by atoms with Gasteiger partial charge in [0, 0.05) is 32.1 Å². The van der Waals surface area contributed by atoms with Gasteiger partial charge in [0.25, 0.3) is 0 Å². The molecule has 2 heterocycles. The Morgan fingerprint density at radius 1 is 1.50 bits per heavy atom. The van der Waals surface area contributed by atoms with Gasteiger partial charge in [-0.25, -0.2) is 0 Å². The van der Waals surface area contributed by atoms with Crippen molar-refractivity contribution in [1.82, 2.24) is 15.5 Å². The van der Waals surface area contributed by atoms with Gasteiger partial charge >= 0.3 is 0 Å². The zero-order valence-electron chi connectivity index (χ0n) is 9.36. The highest BCUT2D eigenvalue weighted by Gasteiger charge is 2.33. The summed E-state index contributed by atoms with van der Waals surface area (Å²) >= 11 is 0. The lowest BCUT2D eigenvalue weighted by atomic mass is 10.1. The summed E-state index contributed by atoms with van der Waals surface area (Å²) in [5.74, 6) is 0.0750. The van der Waals surface area contributed by atoms with E-state index in [-0.39, 0.29) is 36.3 Å². The number of piperazine rings is 1. The molecule has 0 aromatic heterocycles. The topological polar surface area (TPSA) is 61.4 Å². The Labute approximate surface area is 101 Å².